The van der Waals surface area contributed by atoms with Crippen molar-refractivity contribution in [3.05, 3.63) is 70.7 Å². The third kappa shape index (κ3) is 4.46. The maximum absolute atomic E-state index is 6.03. The first-order valence-electron chi connectivity index (χ1n) is 9.73. The van der Waals surface area contributed by atoms with Crippen LogP contribution in [0.2, 0.25) is 5.02 Å². The van der Waals surface area contributed by atoms with Gasteiger partial charge in [0.1, 0.15) is 0 Å². The van der Waals surface area contributed by atoms with Crippen LogP contribution in [0.1, 0.15) is 17.1 Å². The summed E-state index contributed by atoms with van der Waals surface area (Å²) in [5.41, 5.74) is 4.49. The zero-order valence-electron chi connectivity index (χ0n) is 16.9. The lowest BCUT2D eigenvalue weighted by Crippen LogP contribution is -2.38. The SMILES string of the molecule is CN=C(NCCc1c(C)[nH]c2ccccc12)NCc1nc(-c2cccc(Cl)c2)no1. The number of aryl methyl sites for hydroxylation is 1. The number of fused-ring (bicyclic) bond motifs is 1. The first-order valence-corrected chi connectivity index (χ1v) is 10.1. The topological polar surface area (TPSA) is 91.1 Å². The first-order chi connectivity index (χ1) is 14.6. The minimum atomic E-state index is 0.374. The number of hydrogen-bond donors (Lipinski definition) is 3. The monoisotopic (exact) mass is 422 g/mol. The van der Waals surface area contributed by atoms with Crippen LogP contribution in [0.5, 0.6) is 0 Å². The highest BCUT2D eigenvalue weighted by Crippen LogP contribution is 2.22. The van der Waals surface area contributed by atoms with Crippen molar-refractivity contribution in [3.63, 3.8) is 0 Å². The van der Waals surface area contributed by atoms with Gasteiger partial charge in [-0.1, -0.05) is 47.1 Å². The third-order valence-electron chi connectivity index (χ3n) is 4.88. The molecule has 0 radical (unpaired) electrons. The molecule has 8 heteroatoms. The predicted octanol–water partition coefficient (Wildman–Crippen LogP) is 4.09. The van der Waals surface area contributed by atoms with Gasteiger partial charge in [-0.3, -0.25) is 4.99 Å². The fourth-order valence-corrected chi connectivity index (χ4v) is 3.60. The molecule has 154 valence electrons. The van der Waals surface area contributed by atoms with Gasteiger partial charge in [-0.05, 0) is 37.1 Å². The lowest BCUT2D eigenvalue weighted by molar-refractivity contribution is 0.375. The Morgan fingerprint density at radius 3 is 2.87 bits per heavy atom. The molecular weight excluding hydrogens is 400 g/mol. The number of para-hydroxylation sites is 1. The number of guanidine groups is 1. The average molecular weight is 423 g/mol. The Labute approximate surface area is 179 Å². The van der Waals surface area contributed by atoms with Gasteiger partial charge < -0.3 is 20.1 Å². The number of benzene rings is 2. The van der Waals surface area contributed by atoms with Crippen molar-refractivity contribution in [1.82, 2.24) is 25.8 Å². The zero-order chi connectivity index (χ0) is 20.9. The summed E-state index contributed by atoms with van der Waals surface area (Å²) in [6, 6.07) is 15.7. The van der Waals surface area contributed by atoms with E-state index < -0.39 is 0 Å². The molecule has 2 aromatic heterocycles. The molecule has 30 heavy (non-hydrogen) atoms. The smallest absolute Gasteiger partial charge is 0.246 e. The summed E-state index contributed by atoms with van der Waals surface area (Å²) in [4.78, 5) is 12.1. The molecule has 0 spiro atoms. The molecule has 0 atom stereocenters. The Morgan fingerprint density at radius 1 is 1.17 bits per heavy atom. The van der Waals surface area contributed by atoms with Gasteiger partial charge >= 0.3 is 0 Å². The van der Waals surface area contributed by atoms with Crippen molar-refractivity contribution in [1.29, 1.82) is 0 Å². The fraction of sp³-hybridized carbons (Fsp3) is 0.227. The van der Waals surface area contributed by atoms with Gasteiger partial charge in [0.15, 0.2) is 5.96 Å². The average Bonchev–Trinajstić information content (AvgIpc) is 3.35. The van der Waals surface area contributed by atoms with Crippen LogP contribution in [0.25, 0.3) is 22.3 Å². The van der Waals surface area contributed by atoms with Crippen LogP contribution >= 0.6 is 11.6 Å². The summed E-state index contributed by atoms with van der Waals surface area (Å²) in [7, 11) is 1.73. The second-order valence-electron chi connectivity index (χ2n) is 6.90. The van der Waals surface area contributed by atoms with Crippen LogP contribution in [0.15, 0.2) is 58.0 Å². The van der Waals surface area contributed by atoms with Gasteiger partial charge in [0.25, 0.3) is 0 Å². The van der Waals surface area contributed by atoms with Gasteiger partial charge in [-0.25, -0.2) is 0 Å². The largest absolute Gasteiger partial charge is 0.358 e. The number of nitrogens with zero attached hydrogens (tertiary/aromatic N) is 3. The summed E-state index contributed by atoms with van der Waals surface area (Å²) in [5, 5.41) is 12.4. The van der Waals surface area contributed by atoms with Crippen molar-refractivity contribution >= 4 is 28.5 Å². The highest BCUT2D eigenvalue weighted by molar-refractivity contribution is 6.30. The second-order valence-corrected chi connectivity index (χ2v) is 7.34. The molecule has 7 nitrogen and oxygen atoms in total. The molecular formula is C22H23ClN6O. The van der Waals surface area contributed by atoms with E-state index in [1.54, 1.807) is 19.2 Å². The Morgan fingerprint density at radius 2 is 2.03 bits per heavy atom. The van der Waals surface area contributed by atoms with E-state index in [4.69, 9.17) is 16.1 Å². The minimum Gasteiger partial charge on any atom is -0.358 e. The quantitative estimate of drug-likeness (QED) is 0.321. The van der Waals surface area contributed by atoms with Crippen LogP contribution in [-0.4, -0.2) is 34.7 Å². The summed E-state index contributed by atoms with van der Waals surface area (Å²) < 4.78 is 5.33. The summed E-state index contributed by atoms with van der Waals surface area (Å²) in [6.45, 7) is 3.23. The fourth-order valence-electron chi connectivity index (χ4n) is 3.41. The number of rotatable bonds is 6. The van der Waals surface area contributed by atoms with Gasteiger partial charge in [0, 0.05) is 40.8 Å². The zero-order valence-corrected chi connectivity index (χ0v) is 17.6. The maximum atomic E-state index is 6.03. The molecule has 2 heterocycles. The highest BCUT2D eigenvalue weighted by Gasteiger charge is 2.11. The molecule has 0 fully saturated rings. The third-order valence-corrected chi connectivity index (χ3v) is 5.11. The normalized spacial score (nSPS) is 11.8. The van der Waals surface area contributed by atoms with Crippen LogP contribution in [-0.2, 0) is 13.0 Å². The van der Waals surface area contributed by atoms with Crippen molar-refractivity contribution in [2.45, 2.75) is 19.9 Å². The van der Waals surface area contributed by atoms with E-state index >= 15 is 0 Å². The van der Waals surface area contributed by atoms with Crippen molar-refractivity contribution in [2.75, 3.05) is 13.6 Å². The molecule has 0 saturated heterocycles. The van der Waals surface area contributed by atoms with Gasteiger partial charge in [-0.2, -0.15) is 4.98 Å². The Balaban J connectivity index is 1.32. The minimum absolute atomic E-state index is 0.374. The van der Waals surface area contributed by atoms with Crippen molar-refractivity contribution < 1.29 is 4.52 Å². The predicted molar refractivity (Wildman–Crippen MR) is 120 cm³/mol. The maximum Gasteiger partial charge on any atom is 0.246 e. The molecule has 0 bridgehead atoms. The van der Waals surface area contributed by atoms with Crippen LogP contribution in [0.4, 0.5) is 0 Å². The molecule has 0 aliphatic carbocycles. The van der Waals surface area contributed by atoms with Crippen molar-refractivity contribution in [3.8, 4) is 11.4 Å². The molecule has 2 aromatic carbocycles. The lowest BCUT2D eigenvalue weighted by atomic mass is 10.1. The van der Waals surface area contributed by atoms with E-state index in [9.17, 15) is 0 Å². The number of halogens is 1. The van der Waals surface area contributed by atoms with E-state index in [0.717, 1.165) is 18.5 Å². The summed E-state index contributed by atoms with van der Waals surface area (Å²) >= 11 is 6.03. The lowest BCUT2D eigenvalue weighted by Gasteiger charge is -2.10. The molecule has 0 unspecified atom stereocenters. The second kappa shape index (κ2) is 9.00. The Kier molecular flexibility index (Phi) is 5.99. The molecule has 4 aromatic rings. The molecule has 0 amide bonds. The van der Waals surface area contributed by atoms with Crippen LogP contribution in [0.3, 0.4) is 0 Å². The van der Waals surface area contributed by atoms with Gasteiger partial charge in [0.05, 0.1) is 6.54 Å². The first kappa shape index (κ1) is 20.0. The van der Waals surface area contributed by atoms with E-state index in [1.807, 2.05) is 18.2 Å². The van der Waals surface area contributed by atoms with Crippen LogP contribution in [0, 0.1) is 6.92 Å². The standard InChI is InChI=1S/C22H23ClN6O/c1-14-17(18-8-3-4-9-19(18)27-14)10-11-25-22(24-2)26-13-20-28-21(29-30-20)15-6-5-7-16(23)12-15/h3-9,12,27H,10-11,13H2,1-2H3,(H2,24,25,26). The molecule has 0 aliphatic rings. The van der Waals surface area contributed by atoms with Gasteiger partial charge in [0.2, 0.25) is 11.7 Å². The van der Waals surface area contributed by atoms with E-state index in [1.165, 1.54) is 22.2 Å². The summed E-state index contributed by atoms with van der Waals surface area (Å²) in [5.74, 6) is 1.66. The van der Waals surface area contributed by atoms with Gasteiger partial charge in [-0.15, -0.1) is 0 Å². The number of aromatic nitrogens is 3. The highest BCUT2D eigenvalue weighted by atomic mass is 35.5. The molecule has 0 saturated carbocycles. The van der Waals surface area contributed by atoms with E-state index in [0.29, 0.717) is 29.2 Å². The Hall–Kier alpha value is -3.32. The number of nitrogens with one attached hydrogen (secondary N) is 3. The Bertz CT molecular complexity index is 1180. The van der Waals surface area contributed by atoms with E-state index in [-0.39, 0.29) is 0 Å². The molecule has 4 rings (SSSR count). The van der Waals surface area contributed by atoms with Crippen LogP contribution < -0.4 is 10.6 Å². The van der Waals surface area contributed by atoms with Crippen molar-refractivity contribution in [2.24, 2.45) is 4.99 Å². The molecule has 0 aliphatic heterocycles. The van der Waals surface area contributed by atoms with E-state index in [2.05, 4.69) is 55.9 Å². The number of aliphatic imine (C=N–C) groups is 1. The number of aromatic amines is 1. The molecule has 3 N–H and O–H groups in total. The number of hydrogen-bond acceptors (Lipinski definition) is 4. The summed E-state index contributed by atoms with van der Waals surface area (Å²) in [6.07, 6.45) is 0.885. The number of H-pyrrole nitrogens is 1.